The third-order valence-corrected chi connectivity index (χ3v) is 4.55. The van der Waals surface area contributed by atoms with Gasteiger partial charge in [0.25, 0.3) is 0 Å². The molecule has 2 aromatic carbocycles. The highest BCUT2D eigenvalue weighted by Crippen LogP contribution is 2.27. The molecule has 0 radical (unpaired) electrons. The molecule has 0 spiro atoms. The SMILES string of the molecule is COc1ccc(-n2nc(C(C)(C)C)cc2NC(=O)CCc2ccccc2)cc1. The summed E-state index contributed by atoms with van der Waals surface area (Å²) in [6, 6.07) is 19.6. The van der Waals surface area contributed by atoms with E-state index in [0.717, 1.165) is 22.7 Å². The van der Waals surface area contributed by atoms with Crippen LogP contribution < -0.4 is 10.1 Å². The van der Waals surface area contributed by atoms with E-state index >= 15 is 0 Å². The Bertz CT molecular complexity index is 923. The number of nitrogens with zero attached hydrogens (tertiary/aromatic N) is 2. The smallest absolute Gasteiger partial charge is 0.225 e. The average molecular weight is 377 g/mol. The highest BCUT2D eigenvalue weighted by Gasteiger charge is 2.21. The average Bonchev–Trinajstić information content (AvgIpc) is 3.11. The molecule has 146 valence electrons. The van der Waals surface area contributed by atoms with Gasteiger partial charge in [-0.2, -0.15) is 5.10 Å². The van der Waals surface area contributed by atoms with E-state index in [0.29, 0.717) is 18.7 Å². The predicted molar refractivity (Wildman–Crippen MR) is 112 cm³/mol. The van der Waals surface area contributed by atoms with Crippen molar-refractivity contribution in [3.05, 3.63) is 71.9 Å². The molecule has 5 nitrogen and oxygen atoms in total. The van der Waals surface area contributed by atoms with Crippen LogP contribution in [0.2, 0.25) is 0 Å². The van der Waals surface area contributed by atoms with Crippen molar-refractivity contribution in [3.63, 3.8) is 0 Å². The molecule has 1 N–H and O–H groups in total. The minimum Gasteiger partial charge on any atom is -0.497 e. The Balaban J connectivity index is 1.81. The van der Waals surface area contributed by atoms with Gasteiger partial charge < -0.3 is 10.1 Å². The van der Waals surface area contributed by atoms with Crippen molar-refractivity contribution < 1.29 is 9.53 Å². The fourth-order valence-electron chi connectivity index (χ4n) is 2.86. The summed E-state index contributed by atoms with van der Waals surface area (Å²) in [5, 5.41) is 7.77. The molecule has 1 aromatic heterocycles. The van der Waals surface area contributed by atoms with Crippen molar-refractivity contribution in [2.24, 2.45) is 0 Å². The lowest BCUT2D eigenvalue weighted by Crippen LogP contribution is -2.15. The summed E-state index contributed by atoms with van der Waals surface area (Å²) >= 11 is 0. The third-order valence-electron chi connectivity index (χ3n) is 4.55. The van der Waals surface area contributed by atoms with E-state index in [2.05, 4.69) is 26.1 Å². The van der Waals surface area contributed by atoms with Crippen LogP contribution >= 0.6 is 0 Å². The maximum Gasteiger partial charge on any atom is 0.225 e. The van der Waals surface area contributed by atoms with Crippen LogP contribution in [0.4, 0.5) is 5.82 Å². The van der Waals surface area contributed by atoms with Crippen molar-refractivity contribution in [3.8, 4) is 11.4 Å². The number of anilines is 1. The molecular weight excluding hydrogens is 350 g/mol. The van der Waals surface area contributed by atoms with Gasteiger partial charge in [-0.05, 0) is 36.2 Å². The Hall–Kier alpha value is -3.08. The number of amides is 1. The number of ether oxygens (including phenoxy) is 1. The molecule has 0 aliphatic heterocycles. The van der Waals surface area contributed by atoms with Gasteiger partial charge in [-0.1, -0.05) is 51.1 Å². The van der Waals surface area contributed by atoms with Crippen LogP contribution in [0.1, 0.15) is 38.4 Å². The van der Waals surface area contributed by atoms with Crippen molar-refractivity contribution in [1.29, 1.82) is 0 Å². The van der Waals surface area contributed by atoms with Gasteiger partial charge in [0.15, 0.2) is 0 Å². The monoisotopic (exact) mass is 377 g/mol. The van der Waals surface area contributed by atoms with Crippen LogP contribution in [-0.2, 0) is 16.6 Å². The molecule has 1 heterocycles. The predicted octanol–water partition coefficient (Wildman–Crippen LogP) is 4.75. The van der Waals surface area contributed by atoms with E-state index in [1.54, 1.807) is 11.8 Å². The van der Waals surface area contributed by atoms with E-state index in [9.17, 15) is 4.79 Å². The number of hydrogen-bond donors (Lipinski definition) is 1. The van der Waals surface area contributed by atoms with Gasteiger partial charge in [0.05, 0.1) is 18.5 Å². The lowest BCUT2D eigenvalue weighted by Gasteiger charge is -2.14. The van der Waals surface area contributed by atoms with Gasteiger partial charge in [-0.25, -0.2) is 4.68 Å². The summed E-state index contributed by atoms with van der Waals surface area (Å²) in [7, 11) is 1.64. The van der Waals surface area contributed by atoms with Crippen LogP contribution in [0.25, 0.3) is 5.69 Å². The standard InChI is InChI=1S/C23H27N3O2/c1-23(2,3)20-16-21(24-22(27)15-10-17-8-6-5-7-9-17)26(25-20)18-11-13-19(28-4)14-12-18/h5-9,11-14,16H,10,15H2,1-4H3,(H,24,27). The summed E-state index contributed by atoms with van der Waals surface area (Å²) in [6.45, 7) is 6.32. The number of hydrogen-bond acceptors (Lipinski definition) is 3. The van der Waals surface area contributed by atoms with Crippen LogP contribution in [0.15, 0.2) is 60.7 Å². The Labute approximate surface area is 166 Å². The van der Waals surface area contributed by atoms with Gasteiger partial charge in [-0.3, -0.25) is 4.79 Å². The molecule has 28 heavy (non-hydrogen) atoms. The molecule has 1 amide bonds. The van der Waals surface area contributed by atoms with E-state index in [1.807, 2.05) is 60.7 Å². The maximum absolute atomic E-state index is 12.6. The number of methoxy groups -OCH3 is 1. The second kappa shape index (κ2) is 8.30. The van der Waals surface area contributed by atoms with E-state index in [4.69, 9.17) is 9.84 Å². The molecule has 0 atom stereocenters. The van der Waals surface area contributed by atoms with Crippen molar-refractivity contribution in [2.45, 2.75) is 39.0 Å². The first-order chi connectivity index (χ1) is 13.4. The Morgan fingerprint density at radius 3 is 2.36 bits per heavy atom. The van der Waals surface area contributed by atoms with Crippen molar-refractivity contribution in [1.82, 2.24) is 9.78 Å². The molecule has 0 saturated heterocycles. The fraction of sp³-hybridized carbons (Fsp3) is 0.304. The first-order valence-electron chi connectivity index (χ1n) is 9.45. The van der Waals surface area contributed by atoms with E-state index in [-0.39, 0.29) is 11.3 Å². The first kappa shape index (κ1) is 19.7. The topological polar surface area (TPSA) is 56.1 Å². The Morgan fingerprint density at radius 2 is 1.75 bits per heavy atom. The number of carbonyl (C=O) groups is 1. The summed E-state index contributed by atoms with van der Waals surface area (Å²) < 4.78 is 7.01. The number of rotatable bonds is 6. The van der Waals surface area contributed by atoms with Crippen molar-refractivity contribution in [2.75, 3.05) is 12.4 Å². The number of carbonyl (C=O) groups excluding carboxylic acids is 1. The minimum absolute atomic E-state index is 0.0287. The summed E-state index contributed by atoms with van der Waals surface area (Å²) in [5.41, 5.74) is 2.81. The molecule has 3 aromatic rings. The second-order valence-electron chi connectivity index (χ2n) is 7.81. The van der Waals surface area contributed by atoms with Crippen LogP contribution in [0.3, 0.4) is 0 Å². The fourth-order valence-corrected chi connectivity index (χ4v) is 2.86. The lowest BCUT2D eigenvalue weighted by molar-refractivity contribution is -0.116. The number of nitrogens with one attached hydrogen (secondary N) is 1. The first-order valence-corrected chi connectivity index (χ1v) is 9.45. The summed E-state index contributed by atoms with van der Waals surface area (Å²) in [4.78, 5) is 12.6. The highest BCUT2D eigenvalue weighted by atomic mass is 16.5. The van der Waals surface area contributed by atoms with Gasteiger partial charge in [-0.15, -0.1) is 0 Å². The van der Waals surface area contributed by atoms with Crippen molar-refractivity contribution >= 4 is 11.7 Å². The minimum atomic E-state index is -0.124. The largest absolute Gasteiger partial charge is 0.497 e. The van der Waals surface area contributed by atoms with Crippen LogP contribution in [-0.4, -0.2) is 22.8 Å². The zero-order valence-corrected chi connectivity index (χ0v) is 16.9. The molecule has 5 heteroatoms. The molecule has 0 bridgehead atoms. The van der Waals surface area contributed by atoms with Gasteiger partial charge in [0.2, 0.25) is 5.91 Å². The summed E-state index contributed by atoms with van der Waals surface area (Å²) in [6.07, 6.45) is 1.12. The van der Waals surface area contributed by atoms with Gasteiger partial charge in [0.1, 0.15) is 11.6 Å². The summed E-state index contributed by atoms with van der Waals surface area (Å²) in [5.74, 6) is 1.42. The van der Waals surface area contributed by atoms with E-state index in [1.165, 1.54) is 0 Å². The highest BCUT2D eigenvalue weighted by molar-refractivity contribution is 5.90. The molecule has 0 unspecified atom stereocenters. The third kappa shape index (κ3) is 4.80. The molecule has 3 rings (SSSR count). The Morgan fingerprint density at radius 1 is 1.07 bits per heavy atom. The van der Waals surface area contributed by atoms with Crippen LogP contribution in [0.5, 0.6) is 5.75 Å². The quantitative estimate of drug-likeness (QED) is 0.674. The number of aromatic nitrogens is 2. The number of benzene rings is 2. The molecule has 0 aliphatic rings. The number of aryl methyl sites for hydroxylation is 1. The maximum atomic E-state index is 12.6. The zero-order valence-electron chi connectivity index (χ0n) is 16.9. The second-order valence-corrected chi connectivity index (χ2v) is 7.81. The molecular formula is C23H27N3O2. The van der Waals surface area contributed by atoms with E-state index < -0.39 is 0 Å². The van der Waals surface area contributed by atoms with Crippen LogP contribution in [0, 0.1) is 0 Å². The van der Waals surface area contributed by atoms with Gasteiger partial charge >= 0.3 is 0 Å². The molecule has 0 saturated carbocycles. The Kier molecular flexibility index (Phi) is 5.83. The molecule has 0 fully saturated rings. The molecule has 0 aliphatic carbocycles. The van der Waals surface area contributed by atoms with Gasteiger partial charge in [0, 0.05) is 17.9 Å². The normalized spacial score (nSPS) is 11.3. The lowest BCUT2D eigenvalue weighted by atomic mass is 9.92. The zero-order chi connectivity index (χ0) is 20.1.